The number of benzene rings is 1. The van der Waals surface area contributed by atoms with Crippen molar-refractivity contribution in [2.24, 2.45) is 16.3 Å². The summed E-state index contributed by atoms with van der Waals surface area (Å²) in [6.45, 7) is 2.01. The van der Waals surface area contributed by atoms with Crippen molar-refractivity contribution in [2.45, 2.75) is 56.7 Å². The first-order chi connectivity index (χ1) is 20.4. The Morgan fingerprint density at radius 1 is 1.19 bits per heavy atom. The number of aliphatic carboxylic acids is 1. The number of sulfonamides is 1. The first kappa shape index (κ1) is 31.5. The van der Waals surface area contributed by atoms with E-state index in [-0.39, 0.29) is 55.8 Å². The van der Waals surface area contributed by atoms with Crippen molar-refractivity contribution in [3.8, 4) is 0 Å². The molecule has 43 heavy (non-hydrogen) atoms. The third kappa shape index (κ3) is 5.94. The van der Waals surface area contributed by atoms with Crippen LogP contribution >= 0.6 is 22.9 Å². The van der Waals surface area contributed by atoms with Crippen LogP contribution in [0.2, 0.25) is 5.02 Å². The average Bonchev–Trinajstić information content (AvgIpc) is 3.55. The largest absolute Gasteiger partial charge is 0.481 e. The lowest BCUT2D eigenvalue weighted by atomic mass is 9.76. The summed E-state index contributed by atoms with van der Waals surface area (Å²) in [6.07, 6.45) is 3.40. The summed E-state index contributed by atoms with van der Waals surface area (Å²) < 4.78 is 62.1. The number of aromatic nitrogens is 1. The Balaban J connectivity index is 1.44. The van der Waals surface area contributed by atoms with Gasteiger partial charge in [0, 0.05) is 41.8 Å². The number of esters is 1. The highest BCUT2D eigenvalue weighted by Crippen LogP contribution is 2.42. The van der Waals surface area contributed by atoms with Crippen LogP contribution in [0.15, 0.2) is 40.0 Å². The molecular formula is C28H31ClF2N4O6S2. The Morgan fingerprint density at radius 3 is 2.44 bits per heavy atom. The van der Waals surface area contributed by atoms with Gasteiger partial charge in [0.25, 0.3) is 0 Å². The Kier molecular flexibility index (Phi) is 8.94. The van der Waals surface area contributed by atoms with E-state index < -0.39 is 55.3 Å². The Labute approximate surface area is 256 Å². The molecule has 0 spiro atoms. The van der Waals surface area contributed by atoms with Gasteiger partial charge in [-0.05, 0) is 51.5 Å². The highest BCUT2D eigenvalue weighted by Gasteiger charge is 2.44. The molecule has 2 aliphatic heterocycles. The molecule has 10 nitrogen and oxygen atoms in total. The number of thiazole rings is 1. The van der Waals surface area contributed by atoms with E-state index in [2.05, 4.69) is 15.3 Å². The monoisotopic (exact) mass is 656 g/mol. The van der Waals surface area contributed by atoms with E-state index in [1.165, 1.54) is 28.8 Å². The van der Waals surface area contributed by atoms with Gasteiger partial charge in [-0.2, -0.15) is 0 Å². The normalized spacial score (nSPS) is 25.7. The lowest BCUT2D eigenvalue weighted by molar-refractivity contribution is -0.149. The number of piperidine rings is 1. The number of hydrogen-bond acceptors (Lipinski definition) is 9. The third-order valence-corrected chi connectivity index (χ3v) is 12.2. The van der Waals surface area contributed by atoms with Crippen molar-refractivity contribution in [1.82, 2.24) is 14.6 Å². The molecule has 1 atom stereocenters. The fraction of sp³-hybridized carbons (Fsp3) is 0.500. The van der Waals surface area contributed by atoms with E-state index in [4.69, 9.17) is 16.3 Å². The summed E-state index contributed by atoms with van der Waals surface area (Å²) in [5.41, 5.74) is -0.354. The molecule has 0 amide bonds. The minimum absolute atomic E-state index is 0.0669. The maximum absolute atomic E-state index is 14.6. The lowest BCUT2D eigenvalue weighted by Gasteiger charge is -2.39. The summed E-state index contributed by atoms with van der Waals surface area (Å²) in [7, 11) is -2.48. The molecule has 3 heterocycles. The molecule has 0 bridgehead atoms. The molecule has 0 radical (unpaired) electrons. The van der Waals surface area contributed by atoms with Gasteiger partial charge in [0.15, 0.2) is 22.5 Å². The predicted molar refractivity (Wildman–Crippen MR) is 156 cm³/mol. The van der Waals surface area contributed by atoms with Crippen LogP contribution in [0.1, 0.15) is 62.1 Å². The average molecular weight is 657 g/mol. The Bertz CT molecular complexity index is 1580. The zero-order valence-corrected chi connectivity index (χ0v) is 25.9. The van der Waals surface area contributed by atoms with Gasteiger partial charge in [-0.1, -0.05) is 17.7 Å². The molecule has 232 valence electrons. The molecular weight excluding hydrogens is 626 g/mol. The number of nitrogens with zero attached hydrogens (tertiary/aromatic N) is 3. The standard InChI is InChI=1S/C28H31ClF2N4O6S2/c1-28(27(37)38)9-5-16(6-10-28)43(39,40)35-12-7-15(8-13-35)22-19(26(36)41-2)23(17-3-4-18(30)21(31)20(17)29)34-24(33-22)25-32-11-14-42-25/h3-4,11,14-16,23H,5-10,12-13H2,1-2H3,(H,33,34)(H,37,38)/t16-,23?,28-. The van der Waals surface area contributed by atoms with Crippen molar-refractivity contribution < 1.29 is 36.6 Å². The maximum Gasteiger partial charge on any atom is 0.338 e. The number of rotatable bonds is 7. The predicted octanol–water partition coefficient (Wildman–Crippen LogP) is 4.67. The van der Waals surface area contributed by atoms with E-state index in [9.17, 15) is 31.9 Å². The number of carbonyl (C=O) groups is 2. The zero-order valence-electron chi connectivity index (χ0n) is 23.5. The summed E-state index contributed by atoms with van der Waals surface area (Å²) in [4.78, 5) is 33.8. The van der Waals surface area contributed by atoms with Gasteiger partial charge in [0.05, 0.1) is 28.4 Å². The van der Waals surface area contributed by atoms with E-state index in [1.807, 2.05) is 0 Å². The minimum atomic E-state index is -3.68. The summed E-state index contributed by atoms with van der Waals surface area (Å²) in [5.74, 6) is -4.09. The molecule has 1 aromatic carbocycles. The summed E-state index contributed by atoms with van der Waals surface area (Å²) in [6, 6.07) is 1.05. The van der Waals surface area contributed by atoms with Crippen molar-refractivity contribution in [3.63, 3.8) is 0 Å². The van der Waals surface area contributed by atoms with E-state index in [0.29, 0.717) is 29.4 Å². The van der Waals surface area contributed by atoms with Crippen LogP contribution in [0, 0.1) is 23.0 Å². The number of carboxylic acid groups (broad SMARTS) is 1. The molecule has 2 aromatic rings. The van der Waals surface area contributed by atoms with Gasteiger partial charge in [-0.3, -0.25) is 9.79 Å². The number of aliphatic imine (C=N–C) groups is 1. The molecule has 2 N–H and O–H groups in total. The van der Waals surface area contributed by atoms with Gasteiger partial charge in [0.2, 0.25) is 10.0 Å². The molecule has 1 saturated carbocycles. The molecule has 1 unspecified atom stereocenters. The fourth-order valence-electron chi connectivity index (χ4n) is 6.00. The highest BCUT2D eigenvalue weighted by atomic mass is 35.5. The second-order valence-corrected chi connectivity index (χ2v) is 14.7. The smallest absolute Gasteiger partial charge is 0.338 e. The number of carboxylic acids is 1. The number of ether oxygens (including phenoxy) is 1. The van der Waals surface area contributed by atoms with Crippen LogP contribution in [0.3, 0.4) is 0 Å². The minimum Gasteiger partial charge on any atom is -0.481 e. The van der Waals surface area contributed by atoms with Crippen molar-refractivity contribution in [3.05, 3.63) is 62.2 Å². The lowest BCUT2D eigenvalue weighted by Crippen LogP contribution is -2.47. The molecule has 5 rings (SSSR count). The molecule has 2 fully saturated rings. The third-order valence-electron chi connectivity index (χ3n) is 8.67. The second kappa shape index (κ2) is 12.2. The SMILES string of the molecule is COC(=O)C1=C(C2CCN(S(=O)(=O)[C@H]3CC[C@](C)(C(=O)O)CC3)CC2)NC(c2nccs2)=NC1c1ccc(F)c(F)c1Cl. The van der Waals surface area contributed by atoms with Gasteiger partial charge in [-0.25, -0.2) is 31.3 Å². The van der Waals surface area contributed by atoms with Crippen LogP contribution < -0.4 is 5.32 Å². The van der Waals surface area contributed by atoms with Crippen LogP contribution in [0.25, 0.3) is 0 Å². The molecule has 1 aromatic heterocycles. The van der Waals surface area contributed by atoms with E-state index in [1.54, 1.807) is 18.5 Å². The van der Waals surface area contributed by atoms with Gasteiger partial charge in [-0.15, -0.1) is 11.3 Å². The maximum atomic E-state index is 14.6. The van der Waals surface area contributed by atoms with Crippen LogP contribution in [0.4, 0.5) is 8.78 Å². The van der Waals surface area contributed by atoms with Crippen molar-refractivity contribution in [1.29, 1.82) is 0 Å². The van der Waals surface area contributed by atoms with Crippen molar-refractivity contribution in [2.75, 3.05) is 20.2 Å². The molecule has 15 heteroatoms. The number of carbonyl (C=O) groups excluding carboxylic acids is 1. The number of nitrogens with one attached hydrogen (secondary N) is 1. The first-order valence-electron chi connectivity index (χ1n) is 13.8. The number of halogens is 3. The van der Waals surface area contributed by atoms with Gasteiger partial charge < -0.3 is 15.2 Å². The van der Waals surface area contributed by atoms with E-state index in [0.717, 1.165) is 6.07 Å². The van der Waals surface area contributed by atoms with E-state index >= 15 is 0 Å². The number of allylic oxidation sites excluding steroid dienone is 1. The Morgan fingerprint density at radius 2 is 1.86 bits per heavy atom. The number of amidine groups is 1. The molecule has 1 saturated heterocycles. The summed E-state index contributed by atoms with van der Waals surface area (Å²) in [5, 5.41) is 13.8. The zero-order chi connectivity index (χ0) is 31.1. The topological polar surface area (TPSA) is 138 Å². The fourth-order valence-corrected chi connectivity index (χ4v) is 8.81. The Hall–Kier alpha value is -2.94. The van der Waals surface area contributed by atoms with Crippen LogP contribution in [0.5, 0.6) is 0 Å². The first-order valence-corrected chi connectivity index (χ1v) is 16.6. The second-order valence-electron chi connectivity index (χ2n) is 11.2. The van der Waals surface area contributed by atoms with Crippen molar-refractivity contribution >= 4 is 50.7 Å². The van der Waals surface area contributed by atoms with Gasteiger partial charge in [0.1, 0.15) is 6.04 Å². The quantitative estimate of drug-likeness (QED) is 0.324. The molecule has 1 aliphatic carbocycles. The number of methoxy groups -OCH3 is 1. The van der Waals surface area contributed by atoms with Gasteiger partial charge >= 0.3 is 11.9 Å². The van der Waals surface area contributed by atoms with Crippen LogP contribution in [-0.4, -0.2) is 66.0 Å². The van der Waals surface area contributed by atoms with Crippen LogP contribution in [-0.2, 0) is 24.3 Å². The highest BCUT2D eigenvalue weighted by molar-refractivity contribution is 7.89. The molecule has 3 aliphatic rings. The summed E-state index contributed by atoms with van der Waals surface area (Å²) >= 11 is 7.52. The number of hydrogen-bond donors (Lipinski definition) is 2.